The summed E-state index contributed by atoms with van der Waals surface area (Å²) >= 11 is 0. The monoisotopic (exact) mass is 493 g/mol. The smallest absolute Gasteiger partial charge is 0.305 e. The van der Waals surface area contributed by atoms with Crippen LogP contribution < -0.4 is 10.6 Å². The lowest BCUT2D eigenvalue weighted by Gasteiger charge is -2.18. The van der Waals surface area contributed by atoms with Crippen LogP contribution in [0.2, 0.25) is 0 Å². The fourth-order valence-electron chi connectivity index (χ4n) is 3.57. The van der Waals surface area contributed by atoms with Gasteiger partial charge in [0.25, 0.3) is 5.91 Å². The maximum atomic E-state index is 12.9. The van der Waals surface area contributed by atoms with Gasteiger partial charge in [0.2, 0.25) is 5.91 Å². The molecule has 0 aromatic heterocycles. The van der Waals surface area contributed by atoms with Gasteiger partial charge >= 0.3 is 5.97 Å². The van der Waals surface area contributed by atoms with Gasteiger partial charge in [-0.25, -0.2) is 0 Å². The number of hydrogen-bond donors (Lipinski definition) is 2. The lowest BCUT2D eigenvalue weighted by molar-refractivity contribution is -0.143. The van der Waals surface area contributed by atoms with Crippen LogP contribution in [0.25, 0.3) is 0 Å². The topological polar surface area (TPSA) is 114 Å². The summed E-state index contributed by atoms with van der Waals surface area (Å²) in [5.74, 6) is -1.04. The number of benzene rings is 2. The largest absolute Gasteiger partial charge is 0.466 e. The van der Waals surface area contributed by atoms with Crippen LogP contribution in [-0.4, -0.2) is 56.0 Å². The quantitative estimate of drug-likeness (QED) is 0.160. The van der Waals surface area contributed by atoms with Gasteiger partial charge in [-0.15, -0.1) is 0 Å². The van der Waals surface area contributed by atoms with Gasteiger partial charge < -0.3 is 20.4 Å². The van der Waals surface area contributed by atoms with Crippen molar-refractivity contribution in [3.05, 3.63) is 71.3 Å². The van der Waals surface area contributed by atoms with E-state index in [4.69, 9.17) is 4.74 Å². The Bertz CT molecular complexity index is 1010. The third-order valence-corrected chi connectivity index (χ3v) is 5.54. The normalized spacial score (nSPS) is 11.2. The minimum Gasteiger partial charge on any atom is -0.466 e. The number of nitrogens with one attached hydrogen (secondary N) is 2. The van der Waals surface area contributed by atoms with Crippen molar-refractivity contribution in [1.82, 2.24) is 10.6 Å². The predicted molar refractivity (Wildman–Crippen MR) is 139 cm³/mol. The van der Waals surface area contributed by atoms with Gasteiger partial charge in [0, 0.05) is 36.2 Å². The molecule has 1 unspecified atom stereocenters. The Morgan fingerprint density at radius 1 is 0.889 bits per heavy atom. The van der Waals surface area contributed by atoms with E-state index in [0.29, 0.717) is 68.5 Å². The number of aliphatic imine (C=N–C) groups is 1. The van der Waals surface area contributed by atoms with E-state index in [1.807, 2.05) is 6.07 Å². The summed E-state index contributed by atoms with van der Waals surface area (Å²) in [6, 6.07) is 14.6. The lowest BCUT2D eigenvalue weighted by Crippen LogP contribution is -2.47. The molecule has 0 aliphatic rings. The second-order valence-electron chi connectivity index (χ2n) is 8.29. The number of nitrogens with zero attached hydrogens (tertiary/aromatic N) is 1. The SMILES string of the molecule is C=NCCCCC(NC(=O)c1ccc(C(=O)c2ccccc2)cc1)C(=O)NCCCCC(=O)OCC. The van der Waals surface area contributed by atoms with Crippen molar-refractivity contribution in [2.45, 2.75) is 51.5 Å². The number of amides is 2. The third-order valence-electron chi connectivity index (χ3n) is 5.54. The summed E-state index contributed by atoms with van der Waals surface area (Å²) in [6.45, 7) is 6.57. The van der Waals surface area contributed by atoms with Crippen molar-refractivity contribution in [3.63, 3.8) is 0 Å². The van der Waals surface area contributed by atoms with Crippen LogP contribution in [0.1, 0.15) is 71.7 Å². The van der Waals surface area contributed by atoms with Gasteiger partial charge in [0.15, 0.2) is 5.78 Å². The van der Waals surface area contributed by atoms with Crippen molar-refractivity contribution in [3.8, 4) is 0 Å². The van der Waals surface area contributed by atoms with E-state index in [0.717, 1.165) is 6.42 Å². The molecule has 1 atom stereocenters. The van der Waals surface area contributed by atoms with Crippen LogP contribution >= 0.6 is 0 Å². The zero-order valence-corrected chi connectivity index (χ0v) is 20.8. The Balaban J connectivity index is 1.93. The first kappa shape index (κ1) is 28.4. The average Bonchev–Trinajstić information content (AvgIpc) is 2.90. The van der Waals surface area contributed by atoms with E-state index < -0.39 is 11.9 Å². The molecule has 36 heavy (non-hydrogen) atoms. The van der Waals surface area contributed by atoms with E-state index in [-0.39, 0.29) is 17.7 Å². The second kappa shape index (κ2) is 16.0. The highest BCUT2D eigenvalue weighted by Crippen LogP contribution is 2.12. The van der Waals surface area contributed by atoms with Crippen molar-refractivity contribution in [2.75, 3.05) is 19.7 Å². The fraction of sp³-hybridized carbons (Fsp3) is 0.393. The first-order chi connectivity index (χ1) is 17.5. The van der Waals surface area contributed by atoms with Crippen molar-refractivity contribution in [1.29, 1.82) is 0 Å². The van der Waals surface area contributed by atoms with E-state index in [2.05, 4.69) is 22.3 Å². The number of carbonyl (C=O) groups is 4. The summed E-state index contributed by atoms with van der Waals surface area (Å²) in [5, 5.41) is 5.65. The van der Waals surface area contributed by atoms with Gasteiger partial charge in [-0.05, 0) is 57.9 Å². The molecule has 2 aromatic rings. The summed E-state index contributed by atoms with van der Waals surface area (Å²) in [4.78, 5) is 53.5. The van der Waals surface area contributed by atoms with E-state index >= 15 is 0 Å². The highest BCUT2D eigenvalue weighted by molar-refractivity contribution is 6.09. The second-order valence-corrected chi connectivity index (χ2v) is 8.29. The van der Waals surface area contributed by atoms with E-state index in [1.165, 1.54) is 0 Å². The van der Waals surface area contributed by atoms with Gasteiger partial charge in [0.05, 0.1) is 6.61 Å². The Morgan fingerprint density at radius 2 is 1.56 bits per heavy atom. The molecule has 0 saturated carbocycles. The average molecular weight is 494 g/mol. The lowest BCUT2D eigenvalue weighted by atomic mass is 10.0. The van der Waals surface area contributed by atoms with Gasteiger partial charge in [0.1, 0.15) is 6.04 Å². The van der Waals surface area contributed by atoms with Gasteiger partial charge in [-0.2, -0.15) is 0 Å². The maximum absolute atomic E-state index is 12.9. The molecule has 0 radical (unpaired) electrons. The maximum Gasteiger partial charge on any atom is 0.305 e. The molecule has 2 rings (SSSR count). The van der Waals surface area contributed by atoms with Crippen LogP contribution in [-0.2, 0) is 14.3 Å². The van der Waals surface area contributed by atoms with Crippen molar-refractivity contribution < 1.29 is 23.9 Å². The molecule has 8 heteroatoms. The van der Waals surface area contributed by atoms with Crippen LogP contribution in [0.4, 0.5) is 0 Å². The minimum absolute atomic E-state index is 0.126. The summed E-state index contributed by atoms with van der Waals surface area (Å²) in [6.07, 6.45) is 3.46. The molecule has 192 valence electrons. The number of carbonyl (C=O) groups excluding carboxylic acids is 4. The Morgan fingerprint density at radius 3 is 2.22 bits per heavy atom. The molecule has 0 saturated heterocycles. The minimum atomic E-state index is -0.710. The van der Waals surface area contributed by atoms with E-state index in [1.54, 1.807) is 55.5 Å². The number of unbranched alkanes of at least 4 members (excludes halogenated alkanes) is 2. The Kier molecular flexibility index (Phi) is 12.6. The molecule has 0 spiro atoms. The van der Waals surface area contributed by atoms with Crippen molar-refractivity contribution >= 4 is 30.3 Å². The summed E-state index contributed by atoms with van der Waals surface area (Å²) < 4.78 is 4.90. The molecule has 2 aromatic carbocycles. The molecule has 0 aliphatic carbocycles. The first-order valence-electron chi connectivity index (χ1n) is 12.3. The number of rotatable bonds is 16. The molecule has 0 bridgehead atoms. The molecular formula is C28H35N3O5. The first-order valence-corrected chi connectivity index (χ1v) is 12.3. The highest BCUT2D eigenvalue weighted by Gasteiger charge is 2.21. The van der Waals surface area contributed by atoms with E-state index in [9.17, 15) is 19.2 Å². The molecule has 8 nitrogen and oxygen atoms in total. The Labute approximate surface area is 212 Å². The predicted octanol–water partition coefficient (Wildman–Crippen LogP) is 3.74. The molecule has 0 heterocycles. The molecule has 0 fully saturated rings. The number of esters is 1. The van der Waals surface area contributed by atoms with Crippen molar-refractivity contribution in [2.24, 2.45) is 4.99 Å². The number of ether oxygens (including phenoxy) is 1. The number of hydrogen-bond acceptors (Lipinski definition) is 6. The van der Waals surface area contributed by atoms with Crippen LogP contribution in [0.15, 0.2) is 59.6 Å². The molecule has 2 N–H and O–H groups in total. The number of ketones is 1. The van der Waals surface area contributed by atoms with Gasteiger partial charge in [-0.1, -0.05) is 42.5 Å². The fourth-order valence-corrected chi connectivity index (χ4v) is 3.57. The van der Waals surface area contributed by atoms with Crippen LogP contribution in [0, 0.1) is 0 Å². The third kappa shape index (κ3) is 9.82. The standard InChI is InChI=1S/C28H35N3O5/c1-3-36-25(32)14-8-10-20-30-28(35)24(13-7-9-19-29-2)31-27(34)23-17-15-22(16-18-23)26(33)21-11-5-4-6-12-21/h4-6,11-12,15-18,24H,2-3,7-10,13-14,19-20H2,1H3,(H,30,35)(H,31,34). The van der Waals surface area contributed by atoms with Crippen LogP contribution in [0.5, 0.6) is 0 Å². The highest BCUT2D eigenvalue weighted by atomic mass is 16.5. The Hall–Kier alpha value is -3.81. The summed E-state index contributed by atoms with van der Waals surface area (Å²) in [5.41, 5.74) is 1.41. The van der Waals surface area contributed by atoms with Crippen LogP contribution in [0.3, 0.4) is 0 Å². The molecule has 0 aliphatic heterocycles. The summed E-state index contributed by atoms with van der Waals surface area (Å²) in [7, 11) is 0. The van der Waals surface area contributed by atoms with Gasteiger partial charge in [-0.3, -0.25) is 19.2 Å². The molecule has 2 amide bonds. The molecular weight excluding hydrogens is 458 g/mol. The zero-order valence-electron chi connectivity index (χ0n) is 20.8. The zero-order chi connectivity index (χ0) is 26.2.